The zero-order valence-corrected chi connectivity index (χ0v) is 14.3. The lowest BCUT2D eigenvalue weighted by atomic mass is 10.2. The molecule has 2 heterocycles. The quantitative estimate of drug-likeness (QED) is 0.742. The molecule has 0 saturated carbocycles. The predicted molar refractivity (Wildman–Crippen MR) is 87.2 cm³/mol. The van der Waals surface area contributed by atoms with E-state index in [9.17, 15) is 18.0 Å². The van der Waals surface area contributed by atoms with Crippen molar-refractivity contribution in [2.24, 2.45) is 0 Å². The molecule has 0 unspecified atom stereocenters. The number of amides is 1. The third kappa shape index (κ3) is 4.75. The number of nitrogens with zero attached hydrogens (tertiary/aromatic N) is 3. The Bertz CT molecular complexity index is 572. The van der Waals surface area contributed by atoms with Gasteiger partial charge in [-0.05, 0) is 12.5 Å². The maximum absolute atomic E-state index is 12.7. The number of halogens is 4. The molecular formula is C16H21ClF3N3O. The molecule has 1 aromatic heterocycles. The van der Waals surface area contributed by atoms with Crippen LogP contribution in [0.1, 0.15) is 38.2 Å². The van der Waals surface area contributed by atoms with Crippen molar-refractivity contribution in [2.45, 2.75) is 38.8 Å². The molecule has 4 nitrogen and oxygen atoms in total. The van der Waals surface area contributed by atoms with Crippen molar-refractivity contribution in [1.29, 1.82) is 0 Å². The first-order valence-electron chi connectivity index (χ1n) is 8.08. The van der Waals surface area contributed by atoms with Crippen LogP contribution in [0.25, 0.3) is 0 Å². The molecule has 24 heavy (non-hydrogen) atoms. The summed E-state index contributed by atoms with van der Waals surface area (Å²) in [6, 6.07) is 0.895. The molecule has 0 spiro atoms. The second kappa shape index (κ2) is 8.05. The second-order valence-electron chi connectivity index (χ2n) is 5.85. The van der Waals surface area contributed by atoms with E-state index in [1.54, 1.807) is 4.90 Å². The van der Waals surface area contributed by atoms with Gasteiger partial charge < -0.3 is 9.80 Å². The molecule has 0 aliphatic carbocycles. The largest absolute Gasteiger partial charge is 0.417 e. The molecule has 1 aliphatic heterocycles. The molecule has 1 saturated heterocycles. The first-order valence-corrected chi connectivity index (χ1v) is 8.46. The summed E-state index contributed by atoms with van der Waals surface area (Å²) in [5, 5.41) is -0.0208. The lowest BCUT2D eigenvalue weighted by Gasteiger charge is -2.36. The fourth-order valence-electron chi connectivity index (χ4n) is 2.67. The van der Waals surface area contributed by atoms with Crippen molar-refractivity contribution in [3.05, 3.63) is 22.8 Å². The van der Waals surface area contributed by atoms with Crippen LogP contribution in [0.2, 0.25) is 5.02 Å². The van der Waals surface area contributed by atoms with E-state index in [0.717, 1.165) is 31.5 Å². The van der Waals surface area contributed by atoms with Gasteiger partial charge in [0.1, 0.15) is 5.82 Å². The summed E-state index contributed by atoms with van der Waals surface area (Å²) in [4.78, 5) is 19.6. The van der Waals surface area contributed by atoms with Crippen molar-refractivity contribution in [2.75, 3.05) is 31.1 Å². The van der Waals surface area contributed by atoms with E-state index in [1.165, 1.54) is 0 Å². The van der Waals surface area contributed by atoms with Crippen LogP contribution in [-0.2, 0) is 11.0 Å². The molecule has 1 fully saturated rings. The summed E-state index contributed by atoms with van der Waals surface area (Å²) in [6.45, 7) is 4.17. The van der Waals surface area contributed by atoms with E-state index in [2.05, 4.69) is 11.9 Å². The number of carbonyl (C=O) groups excluding carboxylic acids is 1. The Morgan fingerprint density at radius 2 is 1.92 bits per heavy atom. The zero-order valence-electron chi connectivity index (χ0n) is 13.6. The van der Waals surface area contributed by atoms with Gasteiger partial charge in [0.2, 0.25) is 5.91 Å². The summed E-state index contributed by atoms with van der Waals surface area (Å²) in [7, 11) is 0. The summed E-state index contributed by atoms with van der Waals surface area (Å²) in [5.74, 6) is 0.470. The molecule has 8 heteroatoms. The first kappa shape index (κ1) is 18.8. The van der Waals surface area contributed by atoms with E-state index in [4.69, 9.17) is 11.6 Å². The molecule has 0 radical (unpaired) electrons. The molecule has 0 aromatic carbocycles. The van der Waals surface area contributed by atoms with Crippen molar-refractivity contribution in [3.63, 3.8) is 0 Å². The lowest BCUT2D eigenvalue weighted by Crippen LogP contribution is -2.49. The fraction of sp³-hybridized carbons (Fsp3) is 0.625. The van der Waals surface area contributed by atoms with Crippen molar-refractivity contribution >= 4 is 23.3 Å². The highest BCUT2D eigenvalue weighted by molar-refractivity contribution is 6.33. The average Bonchev–Trinajstić information content (AvgIpc) is 2.54. The second-order valence-corrected chi connectivity index (χ2v) is 6.26. The number of alkyl halides is 3. The van der Waals surface area contributed by atoms with Gasteiger partial charge in [-0.15, -0.1) is 0 Å². The standard InChI is InChI=1S/C16H21ClF3N3O/c1-2-3-4-5-14(24)22-6-8-23(9-7-22)15-13(17)10-12(11-21-15)16(18,19)20/h10-11H,2-9H2,1H3. The molecule has 2 rings (SSSR count). The van der Waals surface area contributed by atoms with Crippen LogP contribution >= 0.6 is 11.6 Å². The normalized spacial score (nSPS) is 15.7. The van der Waals surface area contributed by atoms with Gasteiger partial charge in [0.15, 0.2) is 0 Å². The molecule has 1 aromatic rings. The van der Waals surface area contributed by atoms with Gasteiger partial charge in [0.05, 0.1) is 10.6 Å². The van der Waals surface area contributed by atoms with Crippen molar-refractivity contribution in [3.8, 4) is 0 Å². The lowest BCUT2D eigenvalue weighted by molar-refractivity contribution is -0.137. The Morgan fingerprint density at radius 1 is 1.25 bits per heavy atom. The van der Waals surface area contributed by atoms with Crippen molar-refractivity contribution < 1.29 is 18.0 Å². The molecular weight excluding hydrogens is 343 g/mol. The van der Waals surface area contributed by atoms with Gasteiger partial charge in [0.25, 0.3) is 0 Å². The van der Waals surface area contributed by atoms with Gasteiger partial charge in [-0.3, -0.25) is 4.79 Å². The topological polar surface area (TPSA) is 36.4 Å². The molecule has 1 aliphatic rings. The number of aromatic nitrogens is 1. The van der Waals surface area contributed by atoms with Gasteiger partial charge in [-0.1, -0.05) is 31.4 Å². The van der Waals surface area contributed by atoms with Gasteiger partial charge in [-0.2, -0.15) is 13.2 Å². The third-order valence-corrected chi connectivity index (χ3v) is 4.35. The van der Waals surface area contributed by atoms with E-state index in [1.807, 2.05) is 4.90 Å². The highest BCUT2D eigenvalue weighted by Crippen LogP contribution is 2.33. The van der Waals surface area contributed by atoms with Gasteiger partial charge in [0, 0.05) is 38.8 Å². The Kier molecular flexibility index (Phi) is 6.32. The Balaban J connectivity index is 1.94. The summed E-state index contributed by atoms with van der Waals surface area (Å²) in [6.07, 6.45) is -0.118. The fourth-order valence-corrected chi connectivity index (χ4v) is 2.96. The van der Waals surface area contributed by atoms with E-state index < -0.39 is 11.7 Å². The molecule has 0 N–H and O–H groups in total. The SMILES string of the molecule is CCCCCC(=O)N1CCN(c2ncc(C(F)(F)F)cc2Cl)CC1. The number of carbonyl (C=O) groups is 1. The highest BCUT2D eigenvalue weighted by Gasteiger charge is 2.32. The number of unbranched alkanes of at least 4 members (excludes halogenated alkanes) is 2. The Labute approximate surface area is 144 Å². The minimum absolute atomic E-state index is 0.0208. The van der Waals surface area contributed by atoms with Crippen LogP contribution in [0.3, 0.4) is 0 Å². The Morgan fingerprint density at radius 3 is 2.46 bits per heavy atom. The minimum Gasteiger partial charge on any atom is -0.352 e. The number of pyridine rings is 1. The monoisotopic (exact) mass is 363 g/mol. The smallest absolute Gasteiger partial charge is 0.352 e. The van der Waals surface area contributed by atoms with E-state index >= 15 is 0 Å². The van der Waals surface area contributed by atoms with Crippen LogP contribution in [0, 0.1) is 0 Å². The first-order chi connectivity index (χ1) is 11.3. The van der Waals surface area contributed by atoms with Crippen LogP contribution in [0.15, 0.2) is 12.3 Å². The van der Waals surface area contributed by atoms with Gasteiger partial charge >= 0.3 is 6.18 Å². The average molecular weight is 364 g/mol. The van der Waals surface area contributed by atoms with Gasteiger partial charge in [-0.25, -0.2) is 4.98 Å². The zero-order chi connectivity index (χ0) is 17.7. The number of hydrogen-bond acceptors (Lipinski definition) is 3. The van der Waals surface area contributed by atoms with Crippen LogP contribution in [0.5, 0.6) is 0 Å². The summed E-state index contributed by atoms with van der Waals surface area (Å²) >= 11 is 5.97. The minimum atomic E-state index is -4.46. The maximum atomic E-state index is 12.7. The number of piperazine rings is 1. The number of hydrogen-bond donors (Lipinski definition) is 0. The van der Waals surface area contributed by atoms with Crippen molar-refractivity contribution in [1.82, 2.24) is 9.88 Å². The number of anilines is 1. The van der Waals surface area contributed by atoms with Crippen LogP contribution in [0.4, 0.5) is 19.0 Å². The highest BCUT2D eigenvalue weighted by atomic mass is 35.5. The maximum Gasteiger partial charge on any atom is 0.417 e. The van der Waals surface area contributed by atoms with Crippen LogP contribution < -0.4 is 4.90 Å². The molecule has 134 valence electrons. The van der Waals surface area contributed by atoms with Crippen LogP contribution in [-0.4, -0.2) is 42.0 Å². The molecule has 1 amide bonds. The predicted octanol–water partition coefficient (Wildman–Crippen LogP) is 3.98. The van der Waals surface area contributed by atoms with E-state index in [0.29, 0.717) is 38.4 Å². The summed E-state index contributed by atoms with van der Waals surface area (Å²) in [5.41, 5.74) is -0.860. The summed E-state index contributed by atoms with van der Waals surface area (Å²) < 4.78 is 38.0. The molecule has 0 atom stereocenters. The third-order valence-electron chi connectivity index (χ3n) is 4.08. The number of rotatable bonds is 5. The van der Waals surface area contributed by atoms with E-state index in [-0.39, 0.29) is 10.9 Å². The Hall–Kier alpha value is -1.50. The molecule has 0 bridgehead atoms.